The Hall–Kier alpha value is -0.260. The molecule has 9 heavy (non-hydrogen) atoms. The highest BCUT2D eigenvalue weighted by atomic mass is 14.1. The molecule has 0 amide bonds. The van der Waals surface area contributed by atoms with Crippen molar-refractivity contribution in [2.75, 3.05) is 0 Å². The predicted molar refractivity (Wildman–Crippen MR) is 41.1 cm³/mol. The molecule has 0 atom stereocenters. The third-order valence-corrected chi connectivity index (χ3v) is 2.13. The topological polar surface area (TPSA) is 0 Å². The van der Waals surface area contributed by atoms with Crippen LogP contribution in [0.3, 0.4) is 0 Å². The third-order valence-electron chi connectivity index (χ3n) is 2.13. The van der Waals surface area contributed by atoms with Crippen LogP contribution >= 0.6 is 0 Å². The molecule has 0 fully saturated rings. The highest BCUT2D eigenvalue weighted by Crippen LogP contribution is 2.25. The first-order valence-electron chi connectivity index (χ1n) is 3.87. The van der Waals surface area contributed by atoms with Gasteiger partial charge in [0.15, 0.2) is 0 Å². The summed E-state index contributed by atoms with van der Waals surface area (Å²) < 4.78 is 0. The molecule has 0 saturated heterocycles. The summed E-state index contributed by atoms with van der Waals surface area (Å²) in [6.07, 6.45) is 6.54. The standard InChI is InChI=1S/C9H15/c1-3-9-7-5-4-6-8(9)2/h2-7H2,1H3. The Balaban J connectivity index is 2.59. The lowest BCUT2D eigenvalue weighted by atomic mass is 9.91. The van der Waals surface area contributed by atoms with Gasteiger partial charge in [0.1, 0.15) is 0 Å². The van der Waals surface area contributed by atoms with Crippen LogP contribution in [0.15, 0.2) is 11.1 Å². The van der Waals surface area contributed by atoms with Crippen molar-refractivity contribution in [3.05, 3.63) is 18.1 Å². The number of allylic oxidation sites excluding steroid dienone is 2. The van der Waals surface area contributed by atoms with E-state index in [1.165, 1.54) is 37.7 Å². The SMILES string of the molecule is [CH2]C1=C(CC)CCCC1. The fourth-order valence-electron chi connectivity index (χ4n) is 1.46. The molecule has 1 aliphatic rings. The molecule has 0 heterocycles. The van der Waals surface area contributed by atoms with Gasteiger partial charge in [0.25, 0.3) is 0 Å². The van der Waals surface area contributed by atoms with Crippen molar-refractivity contribution in [2.45, 2.75) is 39.0 Å². The minimum Gasteiger partial charge on any atom is -0.0713 e. The number of rotatable bonds is 1. The largest absolute Gasteiger partial charge is 0.0713 e. The van der Waals surface area contributed by atoms with Crippen LogP contribution in [0.4, 0.5) is 0 Å². The average molecular weight is 123 g/mol. The van der Waals surface area contributed by atoms with Gasteiger partial charge >= 0.3 is 0 Å². The van der Waals surface area contributed by atoms with E-state index in [4.69, 9.17) is 0 Å². The molecule has 0 saturated carbocycles. The molecule has 0 spiro atoms. The smallest absolute Gasteiger partial charge is 0.0280 e. The van der Waals surface area contributed by atoms with Crippen molar-refractivity contribution in [1.82, 2.24) is 0 Å². The van der Waals surface area contributed by atoms with Crippen LogP contribution in [0, 0.1) is 6.92 Å². The summed E-state index contributed by atoms with van der Waals surface area (Å²) in [6.45, 7) is 6.26. The Labute approximate surface area is 58.0 Å². The van der Waals surface area contributed by atoms with E-state index in [2.05, 4.69) is 13.8 Å². The maximum atomic E-state index is 4.03. The van der Waals surface area contributed by atoms with E-state index in [-0.39, 0.29) is 0 Å². The molecule has 0 nitrogen and oxygen atoms in total. The van der Waals surface area contributed by atoms with Crippen molar-refractivity contribution < 1.29 is 0 Å². The van der Waals surface area contributed by atoms with Crippen molar-refractivity contribution in [3.8, 4) is 0 Å². The second-order valence-corrected chi connectivity index (χ2v) is 2.77. The molecule has 1 rings (SSSR count). The number of hydrogen-bond donors (Lipinski definition) is 0. The van der Waals surface area contributed by atoms with Crippen molar-refractivity contribution in [3.63, 3.8) is 0 Å². The lowest BCUT2D eigenvalue weighted by Gasteiger charge is -2.15. The van der Waals surface area contributed by atoms with Crippen LogP contribution in [-0.2, 0) is 0 Å². The molecule has 1 radical (unpaired) electrons. The predicted octanol–water partition coefficient (Wildman–Crippen LogP) is 3.10. The summed E-state index contributed by atoms with van der Waals surface area (Å²) in [6, 6.07) is 0. The van der Waals surface area contributed by atoms with Gasteiger partial charge in [-0.2, -0.15) is 0 Å². The Kier molecular flexibility index (Phi) is 2.32. The van der Waals surface area contributed by atoms with Crippen molar-refractivity contribution in [1.29, 1.82) is 0 Å². The van der Waals surface area contributed by atoms with Gasteiger partial charge in [-0.1, -0.05) is 18.1 Å². The highest BCUT2D eigenvalue weighted by molar-refractivity contribution is 5.18. The van der Waals surface area contributed by atoms with E-state index in [9.17, 15) is 0 Å². The minimum absolute atomic E-state index is 1.22. The van der Waals surface area contributed by atoms with E-state index >= 15 is 0 Å². The van der Waals surface area contributed by atoms with E-state index in [1.54, 1.807) is 5.57 Å². The fourth-order valence-corrected chi connectivity index (χ4v) is 1.46. The van der Waals surface area contributed by atoms with Crippen LogP contribution in [-0.4, -0.2) is 0 Å². The molecule has 0 aliphatic heterocycles. The van der Waals surface area contributed by atoms with Gasteiger partial charge in [0, 0.05) is 0 Å². The summed E-state index contributed by atoms with van der Waals surface area (Å²) in [5.41, 5.74) is 3.03. The van der Waals surface area contributed by atoms with Crippen LogP contribution < -0.4 is 0 Å². The molecule has 0 heteroatoms. The van der Waals surface area contributed by atoms with Crippen LogP contribution in [0.5, 0.6) is 0 Å². The van der Waals surface area contributed by atoms with Gasteiger partial charge in [-0.15, -0.1) is 0 Å². The average Bonchev–Trinajstić information content (AvgIpc) is 1.89. The lowest BCUT2D eigenvalue weighted by molar-refractivity contribution is 0.665. The summed E-state index contributed by atoms with van der Waals surface area (Å²) in [5.74, 6) is 0. The fraction of sp³-hybridized carbons (Fsp3) is 0.667. The van der Waals surface area contributed by atoms with Crippen molar-refractivity contribution in [2.24, 2.45) is 0 Å². The summed E-state index contributed by atoms with van der Waals surface area (Å²) >= 11 is 0. The summed E-state index contributed by atoms with van der Waals surface area (Å²) in [5, 5.41) is 0. The van der Waals surface area contributed by atoms with E-state index < -0.39 is 0 Å². The van der Waals surface area contributed by atoms with Crippen LogP contribution in [0.2, 0.25) is 0 Å². The van der Waals surface area contributed by atoms with E-state index in [0.29, 0.717) is 0 Å². The molecule has 0 N–H and O–H groups in total. The Bertz CT molecular complexity index is 120. The van der Waals surface area contributed by atoms with Crippen LogP contribution in [0.1, 0.15) is 39.0 Å². The number of hydrogen-bond acceptors (Lipinski definition) is 0. The monoisotopic (exact) mass is 123 g/mol. The zero-order valence-corrected chi connectivity index (χ0v) is 6.24. The first-order chi connectivity index (χ1) is 4.34. The summed E-state index contributed by atoms with van der Waals surface area (Å²) in [7, 11) is 0. The molecular weight excluding hydrogens is 108 g/mol. The van der Waals surface area contributed by atoms with E-state index in [1.807, 2.05) is 0 Å². The minimum atomic E-state index is 1.22. The highest BCUT2D eigenvalue weighted by Gasteiger charge is 2.05. The van der Waals surface area contributed by atoms with Gasteiger partial charge in [-0.25, -0.2) is 0 Å². The molecule has 0 bridgehead atoms. The zero-order chi connectivity index (χ0) is 6.69. The molecule has 0 aromatic rings. The third kappa shape index (κ3) is 1.57. The molecular formula is C9H15. The quantitative estimate of drug-likeness (QED) is 0.502. The molecule has 0 aromatic heterocycles. The van der Waals surface area contributed by atoms with Gasteiger partial charge in [-0.05, 0) is 39.0 Å². The maximum Gasteiger partial charge on any atom is -0.0280 e. The first-order valence-corrected chi connectivity index (χ1v) is 3.87. The Morgan fingerprint density at radius 3 is 2.44 bits per heavy atom. The van der Waals surface area contributed by atoms with Gasteiger partial charge in [0.05, 0.1) is 0 Å². The van der Waals surface area contributed by atoms with E-state index in [0.717, 1.165) is 0 Å². The van der Waals surface area contributed by atoms with Gasteiger partial charge < -0.3 is 0 Å². The first kappa shape index (κ1) is 6.85. The molecule has 0 unspecified atom stereocenters. The Morgan fingerprint density at radius 2 is 2.00 bits per heavy atom. The summed E-state index contributed by atoms with van der Waals surface area (Å²) in [4.78, 5) is 0. The maximum absolute atomic E-state index is 4.03. The zero-order valence-electron chi connectivity index (χ0n) is 6.24. The van der Waals surface area contributed by atoms with Gasteiger partial charge in [-0.3, -0.25) is 0 Å². The van der Waals surface area contributed by atoms with Crippen molar-refractivity contribution >= 4 is 0 Å². The Morgan fingerprint density at radius 1 is 1.33 bits per heavy atom. The van der Waals surface area contributed by atoms with Crippen LogP contribution in [0.25, 0.3) is 0 Å². The lowest BCUT2D eigenvalue weighted by Crippen LogP contribution is -1.95. The second kappa shape index (κ2) is 3.05. The normalized spacial score (nSPS) is 20.7. The second-order valence-electron chi connectivity index (χ2n) is 2.77. The molecule has 51 valence electrons. The molecule has 1 aliphatic carbocycles. The molecule has 0 aromatic carbocycles. The van der Waals surface area contributed by atoms with Gasteiger partial charge in [0.2, 0.25) is 0 Å².